The monoisotopic (exact) mass is 451 g/mol. The predicted octanol–water partition coefficient (Wildman–Crippen LogP) is 2.99. The van der Waals surface area contributed by atoms with Crippen LogP contribution in [-0.2, 0) is 14.8 Å². The molecule has 0 aromatic heterocycles. The van der Waals surface area contributed by atoms with E-state index in [1.807, 2.05) is 19.1 Å². The molecule has 0 aliphatic carbocycles. The number of carbonyl (C=O) groups excluding carboxylic acids is 1. The zero-order valence-electron chi connectivity index (χ0n) is 17.1. The number of sulfonamides is 1. The summed E-state index contributed by atoms with van der Waals surface area (Å²) in [5.41, 5.74) is 1.50. The Bertz CT molecular complexity index is 988. The Morgan fingerprint density at radius 2 is 1.77 bits per heavy atom. The average molecular weight is 452 g/mol. The Morgan fingerprint density at radius 3 is 2.37 bits per heavy atom. The van der Waals surface area contributed by atoms with Crippen LogP contribution in [0.2, 0.25) is 5.02 Å². The first-order valence-corrected chi connectivity index (χ1v) is 11.7. The van der Waals surface area contributed by atoms with Gasteiger partial charge < -0.3 is 14.5 Å². The highest BCUT2D eigenvalue weighted by Gasteiger charge is 2.21. The Kier molecular flexibility index (Phi) is 7.23. The number of hydrogen-bond donors (Lipinski definition) is 1. The molecule has 1 N–H and O–H groups in total. The number of piperazine rings is 1. The van der Waals surface area contributed by atoms with Crippen LogP contribution < -0.4 is 9.46 Å². The van der Waals surface area contributed by atoms with E-state index in [1.54, 1.807) is 17.0 Å². The Labute approximate surface area is 182 Å². The molecule has 0 unspecified atom stereocenters. The number of hydrogen-bond acceptors (Lipinski definition) is 5. The van der Waals surface area contributed by atoms with Gasteiger partial charge in [0.15, 0.2) is 6.61 Å². The maximum Gasteiger partial charge on any atom is 0.261 e. The van der Waals surface area contributed by atoms with E-state index in [4.69, 9.17) is 16.3 Å². The molecule has 2 aromatic rings. The first kappa shape index (κ1) is 22.4. The van der Waals surface area contributed by atoms with Crippen LogP contribution in [0.4, 0.5) is 5.69 Å². The van der Waals surface area contributed by atoms with Gasteiger partial charge in [-0.2, -0.15) is 0 Å². The lowest BCUT2D eigenvalue weighted by molar-refractivity contribution is -0.135. The summed E-state index contributed by atoms with van der Waals surface area (Å²) in [6.07, 6.45) is 0. The van der Waals surface area contributed by atoms with E-state index in [9.17, 15) is 13.2 Å². The molecule has 3 rings (SSSR count). The number of ether oxygens (including phenoxy) is 1. The molecule has 0 radical (unpaired) electrons. The van der Waals surface area contributed by atoms with Crippen LogP contribution in [0.15, 0.2) is 47.4 Å². The molecule has 1 aliphatic rings. The Morgan fingerprint density at radius 1 is 1.10 bits per heavy atom. The van der Waals surface area contributed by atoms with Gasteiger partial charge in [0.25, 0.3) is 15.9 Å². The SMILES string of the molecule is CCN1CCN(C(=O)COc2ccc(S(=O)(=O)Nc3ccc(C)cc3)cc2Cl)CC1. The van der Waals surface area contributed by atoms with Gasteiger partial charge in [0, 0.05) is 31.9 Å². The van der Waals surface area contributed by atoms with E-state index in [1.165, 1.54) is 18.2 Å². The molecule has 1 aliphatic heterocycles. The highest BCUT2D eigenvalue weighted by Crippen LogP contribution is 2.28. The molecule has 1 saturated heterocycles. The number of anilines is 1. The van der Waals surface area contributed by atoms with E-state index in [-0.39, 0.29) is 28.2 Å². The van der Waals surface area contributed by atoms with Crippen molar-refractivity contribution in [3.05, 3.63) is 53.1 Å². The molecule has 1 fully saturated rings. The number of amides is 1. The van der Waals surface area contributed by atoms with Gasteiger partial charge in [-0.05, 0) is 43.8 Å². The van der Waals surface area contributed by atoms with Gasteiger partial charge in [0.05, 0.1) is 9.92 Å². The minimum Gasteiger partial charge on any atom is -0.482 e. The van der Waals surface area contributed by atoms with Crippen molar-refractivity contribution in [3.8, 4) is 5.75 Å². The molecule has 162 valence electrons. The van der Waals surface area contributed by atoms with E-state index >= 15 is 0 Å². The van der Waals surface area contributed by atoms with Crippen molar-refractivity contribution in [2.45, 2.75) is 18.7 Å². The minimum absolute atomic E-state index is 0.0161. The maximum absolute atomic E-state index is 12.6. The van der Waals surface area contributed by atoms with Crippen molar-refractivity contribution in [1.82, 2.24) is 9.80 Å². The standard InChI is InChI=1S/C21H26ClN3O4S/c1-3-24-10-12-25(13-11-24)21(26)15-29-20-9-8-18(14-19(20)22)30(27,28)23-17-6-4-16(2)5-7-17/h4-9,14,23H,3,10-13,15H2,1-2H3. The van der Waals surface area contributed by atoms with E-state index in [0.29, 0.717) is 18.8 Å². The van der Waals surface area contributed by atoms with Gasteiger partial charge in [-0.3, -0.25) is 9.52 Å². The third-order valence-corrected chi connectivity index (χ3v) is 6.72. The summed E-state index contributed by atoms with van der Waals surface area (Å²) in [6, 6.07) is 11.2. The number of likely N-dealkylation sites (N-methyl/N-ethyl adjacent to an activating group) is 1. The van der Waals surface area contributed by atoms with E-state index in [2.05, 4.69) is 16.5 Å². The third-order valence-electron chi connectivity index (χ3n) is 5.04. The molecular weight excluding hydrogens is 426 g/mol. The quantitative estimate of drug-likeness (QED) is 0.700. The topological polar surface area (TPSA) is 79.0 Å². The zero-order valence-corrected chi connectivity index (χ0v) is 18.7. The van der Waals surface area contributed by atoms with Crippen molar-refractivity contribution in [2.75, 3.05) is 44.1 Å². The first-order valence-electron chi connectivity index (χ1n) is 9.80. The predicted molar refractivity (Wildman–Crippen MR) is 118 cm³/mol. The molecule has 0 spiro atoms. The largest absolute Gasteiger partial charge is 0.482 e. The summed E-state index contributed by atoms with van der Waals surface area (Å²) in [6.45, 7) is 7.90. The van der Waals surface area contributed by atoms with Crippen molar-refractivity contribution >= 4 is 33.2 Å². The fourth-order valence-electron chi connectivity index (χ4n) is 3.15. The van der Waals surface area contributed by atoms with Crippen LogP contribution >= 0.6 is 11.6 Å². The molecule has 0 atom stereocenters. The van der Waals surface area contributed by atoms with Gasteiger partial charge >= 0.3 is 0 Å². The van der Waals surface area contributed by atoms with Gasteiger partial charge in [-0.25, -0.2) is 8.42 Å². The van der Waals surface area contributed by atoms with Crippen LogP contribution in [0.1, 0.15) is 12.5 Å². The van der Waals surface area contributed by atoms with Gasteiger partial charge in [0.1, 0.15) is 5.75 Å². The average Bonchev–Trinajstić information content (AvgIpc) is 2.74. The summed E-state index contributed by atoms with van der Waals surface area (Å²) in [5.74, 6) is 0.158. The minimum atomic E-state index is -3.79. The lowest BCUT2D eigenvalue weighted by atomic mass is 10.2. The van der Waals surface area contributed by atoms with Crippen molar-refractivity contribution in [2.24, 2.45) is 0 Å². The molecule has 1 amide bonds. The summed E-state index contributed by atoms with van der Waals surface area (Å²) in [5, 5.41) is 0.130. The van der Waals surface area contributed by atoms with Gasteiger partial charge in [-0.1, -0.05) is 36.2 Å². The molecule has 0 saturated carbocycles. The van der Waals surface area contributed by atoms with Crippen LogP contribution in [0.5, 0.6) is 5.75 Å². The summed E-state index contributed by atoms with van der Waals surface area (Å²) >= 11 is 6.22. The molecule has 9 heteroatoms. The lowest BCUT2D eigenvalue weighted by Crippen LogP contribution is -2.49. The molecule has 1 heterocycles. The van der Waals surface area contributed by atoms with E-state index < -0.39 is 10.0 Å². The second-order valence-corrected chi connectivity index (χ2v) is 9.26. The zero-order chi connectivity index (χ0) is 21.7. The molecule has 7 nitrogen and oxygen atoms in total. The summed E-state index contributed by atoms with van der Waals surface area (Å²) in [4.78, 5) is 16.4. The normalized spacial score (nSPS) is 15.1. The van der Waals surface area contributed by atoms with E-state index in [0.717, 1.165) is 25.2 Å². The summed E-state index contributed by atoms with van der Waals surface area (Å²) in [7, 11) is -3.79. The Balaban J connectivity index is 1.60. The van der Waals surface area contributed by atoms with Crippen molar-refractivity contribution in [1.29, 1.82) is 0 Å². The van der Waals surface area contributed by atoms with Crippen LogP contribution in [0.25, 0.3) is 0 Å². The number of nitrogens with one attached hydrogen (secondary N) is 1. The van der Waals surface area contributed by atoms with Crippen molar-refractivity contribution in [3.63, 3.8) is 0 Å². The lowest BCUT2D eigenvalue weighted by Gasteiger charge is -2.33. The number of rotatable bonds is 7. The molecule has 2 aromatic carbocycles. The van der Waals surface area contributed by atoms with Crippen molar-refractivity contribution < 1.29 is 17.9 Å². The van der Waals surface area contributed by atoms with Gasteiger partial charge in [-0.15, -0.1) is 0 Å². The number of nitrogens with zero attached hydrogens (tertiary/aromatic N) is 2. The molecule has 0 bridgehead atoms. The third kappa shape index (κ3) is 5.65. The molecule has 30 heavy (non-hydrogen) atoms. The van der Waals surface area contributed by atoms with Crippen LogP contribution in [-0.4, -0.2) is 63.5 Å². The number of aryl methyl sites for hydroxylation is 1. The first-order chi connectivity index (χ1) is 14.3. The number of halogens is 1. The van der Waals surface area contributed by atoms with Gasteiger partial charge in [0.2, 0.25) is 0 Å². The van der Waals surface area contributed by atoms with Crippen LogP contribution in [0.3, 0.4) is 0 Å². The smallest absolute Gasteiger partial charge is 0.261 e. The van der Waals surface area contributed by atoms with Crippen LogP contribution in [0, 0.1) is 6.92 Å². The second-order valence-electron chi connectivity index (χ2n) is 7.17. The second kappa shape index (κ2) is 9.68. The number of benzene rings is 2. The number of carbonyl (C=O) groups is 1. The summed E-state index contributed by atoms with van der Waals surface area (Å²) < 4.78 is 33.3. The fraction of sp³-hybridized carbons (Fsp3) is 0.381. The highest BCUT2D eigenvalue weighted by molar-refractivity contribution is 7.92. The fourth-order valence-corrected chi connectivity index (χ4v) is 4.53. The molecular formula is C21H26ClN3O4S. The maximum atomic E-state index is 12.6. The Hall–Kier alpha value is -2.29. The highest BCUT2D eigenvalue weighted by atomic mass is 35.5.